The first-order valence-corrected chi connectivity index (χ1v) is 6.74. The molecule has 1 aromatic carbocycles. The highest BCUT2D eigenvalue weighted by molar-refractivity contribution is 7.89. The van der Waals surface area contributed by atoms with Gasteiger partial charge >= 0.3 is 0 Å². The van der Waals surface area contributed by atoms with Crippen LogP contribution in [-0.4, -0.2) is 18.5 Å². The molecule has 0 atom stereocenters. The summed E-state index contributed by atoms with van der Waals surface area (Å²) in [5, 5.41) is 9.53. The Bertz CT molecular complexity index is 627. The molecule has 18 heavy (non-hydrogen) atoms. The van der Waals surface area contributed by atoms with E-state index in [0.717, 1.165) is 0 Å². The number of rotatable bonds is 4. The fraction of sp³-hybridized carbons (Fsp3) is 0.0833. The van der Waals surface area contributed by atoms with Gasteiger partial charge in [-0.3, -0.25) is 4.98 Å². The molecule has 2 N–H and O–H groups in total. The first kappa shape index (κ1) is 12.5. The normalized spacial score (nSPS) is 11.3. The van der Waals surface area contributed by atoms with Crippen LogP contribution in [0.5, 0.6) is 5.75 Å². The van der Waals surface area contributed by atoms with E-state index < -0.39 is 10.0 Å². The van der Waals surface area contributed by atoms with Gasteiger partial charge in [0, 0.05) is 24.5 Å². The van der Waals surface area contributed by atoms with Crippen LogP contribution in [-0.2, 0) is 16.6 Å². The average Bonchev–Trinajstić information content (AvgIpc) is 2.39. The molecule has 0 aliphatic carbocycles. The number of nitrogens with zero attached hydrogens (tertiary/aromatic N) is 1. The Balaban J connectivity index is 2.14. The van der Waals surface area contributed by atoms with E-state index in [1.54, 1.807) is 24.3 Å². The van der Waals surface area contributed by atoms with Crippen LogP contribution in [0.25, 0.3) is 0 Å². The zero-order valence-corrected chi connectivity index (χ0v) is 10.3. The van der Waals surface area contributed by atoms with Gasteiger partial charge in [0.25, 0.3) is 0 Å². The number of hydrogen-bond donors (Lipinski definition) is 2. The minimum absolute atomic E-state index is 0.0316. The van der Waals surface area contributed by atoms with Crippen LogP contribution < -0.4 is 4.72 Å². The predicted octanol–water partition coefficient (Wildman–Crippen LogP) is 1.27. The van der Waals surface area contributed by atoms with E-state index in [9.17, 15) is 13.5 Å². The number of aromatic hydroxyl groups is 1. The van der Waals surface area contributed by atoms with Crippen LogP contribution in [0.2, 0.25) is 0 Å². The second-order valence-electron chi connectivity index (χ2n) is 3.64. The van der Waals surface area contributed by atoms with E-state index in [1.165, 1.54) is 24.5 Å². The van der Waals surface area contributed by atoms with E-state index in [1.807, 2.05) is 0 Å². The molecule has 0 unspecified atom stereocenters. The quantitative estimate of drug-likeness (QED) is 0.871. The number of phenolic OH excluding ortho intramolecular Hbond substituents is 1. The number of phenols is 1. The van der Waals surface area contributed by atoms with E-state index in [2.05, 4.69) is 9.71 Å². The van der Waals surface area contributed by atoms with Crippen molar-refractivity contribution in [2.24, 2.45) is 0 Å². The smallest absolute Gasteiger partial charge is 0.242 e. The molecule has 0 bridgehead atoms. The number of benzene rings is 1. The van der Waals surface area contributed by atoms with Crippen molar-refractivity contribution in [2.45, 2.75) is 11.4 Å². The van der Waals surface area contributed by atoms with Gasteiger partial charge in [-0.2, -0.15) is 0 Å². The summed E-state index contributed by atoms with van der Waals surface area (Å²) < 4.78 is 26.2. The lowest BCUT2D eigenvalue weighted by Gasteiger charge is -2.07. The zero-order chi connectivity index (χ0) is 13.0. The number of nitrogens with one attached hydrogen (secondary N) is 1. The lowest BCUT2D eigenvalue weighted by Crippen LogP contribution is -2.23. The first-order valence-electron chi connectivity index (χ1n) is 5.26. The summed E-state index contributed by atoms with van der Waals surface area (Å²) in [6.07, 6.45) is 2.77. The molecule has 0 aliphatic heterocycles. The highest BCUT2D eigenvalue weighted by atomic mass is 32.2. The van der Waals surface area contributed by atoms with Gasteiger partial charge in [0.05, 0.1) is 0 Å². The fourth-order valence-electron chi connectivity index (χ4n) is 1.42. The van der Waals surface area contributed by atoms with Crippen molar-refractivity contribution in [1.29, 1.82) is 0 Å². The molecule has 0 radical (unpaired) electrons. The van der Waals surface area contributed by atoms with E-state index in [-0.39, 0.29) is 17.2 Å². The van der Waals surface area contributed by atoms with Crippen LogP contribution in [0, 0.1) is 0 Å². The minimum atomic E-state index is -3.60. The van der Waals surface area contributed by atoms with Crippen molar-refractivity contribution in [3.8, 4) is 5.75 Å². The first-order chi connectivity index (χ1) is 8.59. The second kappa shape index (κ2) is 5.16. The highest BCUT2D eigenvalue weighted by Crippen LogP contribution is 2.16. The summed E-state index contributed by atoms with van der Waals surface area (Å²) in [4.78, 5) is 3.85. The van der Waals surface area contributed by atoms with Crippen molar-refractivity contribution in [3.63, 3.8) is 0 Å². The second-order valence-corrected chi connectivity index (χ2v) is 5.41. The lowest BCUT2D eigenvalue weighted by molar-refractivity contribution is 0.467. The summed E-state index contributed by atoms with van der Waals surface area (Å²) in [5.41, 5.74) is 0.518. The van der Waals surface area contributed by atoms with Crippen LogP contribution in [0.15, 0.2) is 53.7 Å². The molecule has 2 rings (SSSR count). The SMILES string of the molecule is O=S(=O)(NCc1ccccc1O)c1cccnc1. The number of para-hydroxylation sites is 1. The Morgan fingerprint density at radius 3 is 2.61 bits per heavy atom. The molecular formula is C12H12N2O3S. The minimum Gasteiger partial charge on any atom is -0.508 e. The molecule has 5 nitrogen and oxygen atoms in total. The van der Waals surface area contributed by atoms with Gasteiger partial charge < -0.3 is 5.11 Å². The van der Waals surface area contributed by atoms with Crippen molar-refractivity contribution < 1.29 is 13.5 Å². The zero-order valence-electron chi connectivity index (χ0n) is 9.45. The van der Waals surface area contributed by atoms with Crippen LogP contribution >= 0.6 is 0 Å². The maximum absolute atomic E-state index is 11.9. The molecular weight excluding hydrogens is 252 g/mol. The van der Waals surface area contributed by atoms with E-state index in [4.69, 9.17) is 0 Å². The molecule has 1 heterocycles. The summed E-state index contributed by atoms with van der Waals surface area (Å²) in [7, 11) is -3.60. The topological polar surface area (TPSA) is 79.3 Å². The molecule has 0 spiro atoms. The third-order valence-corrected chi connectivity index (χ3v) is 3.78. The Kier molecular flexibility index (Phi) is 3.59. The third-order valence-electron chi connectivity index (χ3n) is 2.39. The van der Waals surface area contributed by atoms with Gasteiger partial charge in [-0.15, -0.1) is 0 Å². The molecule has 2 aromatic rings. The molecule has 0 saturated heterocycles. The number of aromatic nitrogens is 1. The van der Waals surface area contributed by atoms with Crippen molar-refractivity contribution in [3.05, 3.63) is 54.4 Å². The monoisotopic (exact) mass is 264 g/mol. The van der Waals surface area contributed by atoms with Gasteiger partial charge in [0.2, 0.25) is 10.0 Å². The Morgan fingerprint density at radius 2 is 1.94 bits per heavy atom. The predicted molar refractivity (Wildman–Crippen MR) is 66.4 cm³/mol. The molecule has 0 aliphatic rings. The van der Waals surface area contributed by atoms with Crippen LogP contribution in [0.3, 0.4) is 0 Å². The summed E-state index contributed by atoms with van der Waals surface area (Å²) in [6.45, 7) is 0.0316. The highest BCUT2D eigenvalue weighted by Gasteiger charge is 2.14. The van der Waals surface area contributed by atoms with Gasteiger partial charge in [0.15, 0.2) is 0 Å². The number of hydrogen-bond acceptors (Lipinski definition) is 4. The molecule has 0 amide bonds. The number of pyridine rings is 1. The average molecular weight is 264 g/mol. The van der Waals surface area contributed by atoms with Crippen LogP contribution in [0.1, 0.15) is 5.56 Å². The van der Waals surface area contributed by atoms with Crippen molar-refractivity contribution in [2.75, 3.05) is 0 Å². The molecule has 1 aromatic heterocycles. The van der Waals surface area contributed by atoms with Gasteiger partial charge in [-0.05, 0) is 18.2 Å². The lowest BCUT2D eigenvalue weighted by atomic mass is 10.2. The van der Waals surface area contributed by atoms with Crippen molar-refractivity contribution >= 4 is 10.0 Å². The van der Waals surface area contributed by atoms with E-state index >= 15 is 0 Å². The molecule has 0 fully saturated rings. The maximum Gasteiger partial charge on any atom is 0.242 e. The summed E-state index contributed by atoms with van der Waals surface area (Å²) >= 11 is 0. The molecule has 6 heteroatoms. The van der Waals surface area contributed by atoms with E-state index in [0.29, 0.717) is 5.56 Å². The van der Waals surface area contributed by atoms with Crippen molar-refractivity contribution in [1.82, 2.24) is 9.71 Å². The standard InChI is InChI=1S/C12H12N2O3S/c15-12-6-2-1-4-10(12)8-14-18(16,17)11-5-3-7-13-9-11/h1-7,9,14-15H,8H2. The molecule has 94 valence electrons. The van der Waals surface area contributed by atoms with Gasteiger partial charge in [-0.1, -0.05) is 18.2 Å². The third kappa shape index (κ3) is 2.85. The molecule has 0 saturated carbocycles. The fourth-order valence-corrected chi connectivity index (χ4v) is 2.39. The maximum atomic E-state index is 11.9. The Labute approximate surface area is 105 Å². The largest absolute Gasteiger partial charge is 0.508 e. The Morgan fingerprint density at radius 1 is 1.17 bits per heavy atom. The van der Waals surface area contributed by atoms with Crippen LogP contribution in [0.4, 0.5) is 0 Å². The van der Waals surface area contributed by atoms with Gasteiger partial charge in [0.1, 0.15) is 10.6 Å². The van der Waals surface area contributed by atoms with Gasteiger partial charge in [-0.25, -0.2) is 13.1 Å². The summed E-state index contributed by atoms with van der Waals surface area (Å²) in [6, 6.07) is 9.57. The number of sulfonamides is 1. The Hall–Kier alpha value is -1.92. The summed E-state index contributed by atoms with van der Waals surface area (Å²) in [5.74, 6) is 0.0615.